The SMILES string of the molecule is Cc1cccc(C)c1CS(=O)c1nc2cc(N)ccc2o1. The van der Waals surface area contributed by atoms with E-state index < -0.39 is 10.8 Å². The maximum absolute atomic E-state index is 12.5. The fraction of sp³-hybridized carbons (Fsp3) is 0.188. The van der Waals surface area contributed by atoms with E-state index in [4.69, 9.17) is 10.2 Å². The van der Waals surface area contributed by atoms with Crippen molar-refractivity contribution in [3.63, 3.8) is 0 Å². The molecule has 0 saturated carbocycles. The fourth-order valence-electron chi connectivity index (χ4n) is 2.29. The van der Waals surface area contributed by atoms with Gasteiger partial charge < -0.3 is 10.2 Å². The van der Waals surface area contributed by atoms with E-state index in [1.807, 2.05) is 32.0 Å². The molecule has 108 valence electrons. The molecule has 1 heterocycles. The van der Waals surface area contributed by atoms with Crippen molar-refractivity contribution >= 4 is 27.6 Å². The molecule has 0 aliphatic carbocycles. The van der Waals surface area contributed by atoms with Crippen LogP contribution in [0.3, 0.4) is 0 Å². The molecule has 0 saturated heterocycles. The molecule has 0 spiro atoms. The van der Waals surface area contributed by atoms with Crippen molar-refractivity contribution in [3.05, 3.63) is 53.1 Å². The topological polar surface area (TPSA) is 69.1 Å². The highest BCUT2D eigenvalue weighted by Crippen LogP contribution is 2.23. The van der Waals surface area contributed by atoms with Crippen molar-refractivity contribution < 1.29 is 8.63 Å². The first-order valence-corrected chi connectivity index (χ1v) is 7.96. The molecule has 3 rings (SSSR count). The Morgan fingerprint density at radius 3 is 2.62 bits per heavy atom. The first-order chi connectivity index (χ1) is 10.0. The monoisotopic (exact) mass is 300 g/mol. The molecule has 0 amide bonds. The third-order valence-corrected chi connectivity index (χ3v) is 4.62. The molecular formula is C16H16N2O2S. The van der Waals surface area contributed by atoms with Gasteiger partial charge in [-0.2, -0.15) is 0 Å². The molecule has 2 N–H and O–H groups in total. The predicted molar refractivity (Wildman–Crippen MR) is 84.4 cm³/mol. The van der Waals surface area contributed by atoms with Gasteiger partial charge >= 0.3 is 0 Å². The third kappa shape index (κ3) is 2.69. The van der Waals surface area contributed by atoms with Gasteiger partial charge in [-0.15, -0.1) is 0 Å². The van der Waals surface area contributed by atoms with Crippen molar-refractivity contribution in [2.45, 2.75) is 24.8 Å². The Bertz CT molecular complexity index is 819. The second kappa shape index (κ2) is 5.33. The number of rotatable bonds is 3. The number of hydrogen-bond acceptors (Lipinski definition) is 4. The zero-order chi connectivity index (χ0) is 15.0. The smallest absolute Gasteiger partial charge is 0.288 e. The van der Waals surface area contributed by atoms with E-state index in [2.05, 4.69) is 4.98 Å². The molecule has 1 unspecified atom stereocenters. The number of nitrogens with two attached hydrogens (primary N) is 1. The van der Waals surface area contributed by atoms with Crippen LogP contribution < -0.4 is 5.73 Å². The number of nitrogen functional groups attached to an aromatic ring is 1. The van der Waals surface area contributed by atoms with Crippen LogP contribution in [0.25, 0.3) is 11.1 Å². The largest absolute Gasteiger partial charge is 0.430 e. The van der Waals surface area contributed by atoms with Crippen molar-refractivity contribution in [1.82, 2.24) is 4.98 Å². The van der Waals surface area contributed by atoms with Crippen molar-refractivity contribution in [1.29, 1.82) is 0 Å². The van der Waals surface area contributed by atoms with E-state index in [0.717, 1.165) is 16.7 Å². The zero-order valence-corrected chi connectivity index (χ0v) is 12.7. The second-order valence-corrected chi connectivity index (χ2v) is 6.40. The highest BCUT2D eigenvalue weighted by Gasteiger charge is 2.15. The average molecular weight is 300 g/mol. The van der Waals surface area contributed by atoms with E-state index in [-0.39, 0.29) is 5.22 Å². The van der Waals surface area contributed by atoms with Crippen LogP contribution in [0.5, 0.6) is 0 Å². The summed E-state index contributed by atoms with van der Waals surface area (Å²) in [4.78, 5) is 4.28. The van der Waals surface area contributed by atoms with E-state index in [9.17, 15) is 4.21 Å². The van der Waals surface area contributed by atoms with E-state index in [0.29, 0.717) is 22.5 Å². The average Bonchev–Trinajstić information content (AvgIpc) is 2.86. The number of hydrogen-bond donors (Lipinski definition) is 1. The minimum absolute atomic E-state index is 0.248. The van der Waals surface area contributed by atoms with Crippen LogP contribution in [0.2, 0.25) is 0 Å². The minimum Gasteiger partial charge on any atom is -0.430 e. The molecule has 4 nitrogen and oxygen atoms in total. The maximum Gasteiger partial charge on any atom is 0.288 e. The fourth-order valence-corrected chi connectivity index (χ4v) is 3.51. The minimum atomic E-state index is -1.31. The van der Waals surface area contributed by atoms with Gasteiger partial charge in [0, 0.05) is 5.69 Å². The van der Waals surface area contributed by atoms with Crippen LogP contribution >= 0.6 is 0 Å². The first-order valence-electron chi connectivity index (χ1n) is 6.64. The molecule has 1 atom stereocenters. The van der Waals surface area contributed by atoms with Gasteiger partial charge in [-0.1, -0.05) is 18.2 Å². The summed E-state index contributed by atoms with van der Waals surface area (Å²) in [5.74, 6) is 0.404. The molecule has 3 aromatic rings. The Morgan fingerprint density at radius 1 is 1.19 bits per heavy atom. The van der Waals surface area contributed by atoms with Gasteiger partial charge in [0.05, 0.1) is 5.75 Å². The summed E-state index contributed by atoms with van der Waals surface area (Å²) in [6.45, 7) is 4.04. The molecule has 0 bridgehead atoms. The van der Waals surface area contributed by atoms with E-state index in [1.165, 1.54) is 0 Å². The summed E-state index contributed by atoms with van der Waals surface area (Å²) in [6.07, 6.45) is 0. The Balaban J connectivity index is 1.94. The lowest BCUT2D eigenvalue weighted by molar-refractivity contribution is 0.477. The van der Waals surface area contributed by atoms with Gasteiger partial charge in [0.25, 0.3) is 5.22 Å². The molecular weight excluding hydrogens is 284 g/mol. The van der Waals surface area contributed by atoms with Gasteiger partial charge in [0.2, 0.25) is 0 Å². The van der Waals surface area contributed by atoms with Crippen molar-refractivity contribution in [2.75, 3.05) is 5.73 Å². The Hall–Kier alpha value is -2.14. The summed E-state index contributed by atoms with van der Waals surface area (Å²) in [5.41, 5.74) is 10.9. The van der Waals surface area contributed by atoms with Gasteiger partial charge in [-0.25, -0.2) is 9.19 Å². The lowest BCUT2D eigenvalue weighted by atomic mass is 10.1. The van der Waals surface area contributed by atoms with Crippen molar-refractivity contribution in [3.8, 4) is 0 Å². The number of fused-ring (bicyclic) bond motifs is 1. The summed E-state index contributed by atoms with van der Waals surface area (Å²) >= 11 is 0. The molecule has 0 radical (unpaired) electrons. The standard InChI is InChI=1S/C16H16N2O2S/c1-10-4-3-5-11(2)13(10)9-21(19)16-18-14-8-12(17)6-7-15(14)20-16/h3-8H,9,17H2,1-2H3. The summed E-state index contributed by atoms with van der Waals surface area (Å²) < 4.78 is 18.1. The summed E-state index contributed by atoms with van der Waals surface area (Å²) in [6, 6.07) is 11.2. The van der Waals surface area contributed by atoms with E-state index >= 15 is 0 Å². The quantitative estimate of drug-likeness (QED) is 0.753. The number of nitrogens with zero attached hydrogens (tertiary/aromatic N) is 1. The Morgan fingerprint density at radius 2 is 1.90 bits per heavy atom. The molecule has 21 heavy (non-hydrogen) atoms. The molecule has 2 aromatic carbocycles. The zero-order valence-electron chi connectivity index (χ0n) is 11.9. The molecule has 0 fully saturated rings. The van der Waals surface area contributed by atoms with Gasteiger partial charge in [0.15, 0.2) is 5.58 Å². The highest BCUT2D eigenvalue weighted by molar-refractivity contribution is 7.84. The van der Waals surface area contributed by atoms with Crippen molar-refractivity contribution in [2.24, 2.45) is 0 Å². The van der Waals surface area contributed by atoms with Crippen LogP contribution in [0.4, 0.5) is 5.69 Å². The maximum atomic E-state index is 12.5. The van der Waals surface area contributed by atoms with Crippen LogP contribution in [-0.4, -0.2) is 9.19 Å². The normalized spacial score (nSPS) is 12.7. The van der Waals surface area contributed by atoms with E-state index in [1.54, 1.807) is 18.2 Å². The van der Waals surface area contributed by atoms with Gasteiger partial charge in [0.1, 0.15) is 16.3 Å². The third-order valence-electron chi connectivity index (χ3n) is 3.51. The summed E-state index contributed by atoms with van der Waals surface area (Å²) in [7, 11) is -1.31. The first kappa shape index (κ1) is 13.8. The van der Waals surface area contributed by atoms with Crippen LogP contribution in [0, 0.1) is 13.8 Å². The molecule has 5 heteroatoms. The summed E-state index contributed by atoms with van der Waals surface area (Å²) in [5, 5.41) is 0.248. The predicted octanol–water partition coefficient (Wildman–Crippen LogP) is 3.33. The number of anilines is 1. The number of benzene rings is 2. The Kier molecular flexibility index (Phi) is 3.51. The molecule has 1 aromatic heterocycles. The van der Waals surface area contributed by atoms with Crippen LogP contribution in [-0.2, 0) is 16.6 Å². The highest BCUT2D eigenvalue weighted by atomic mass is 32.2. The lowest BCUT2D eigenvalue weighted by Gasteiger charge is -2.07. The van der Waals surface area contributed by atoms with Gasteiger partial charge in [-0.05, 0) is 48.7 Å². The number of aryl methyl sites for hydroxylation is 2. The lowest BCUT2D eigenvalue weighted by Crippen LogP contribution is -2.01. The number of aromatic nitrogens is 1. The number of oxazole rings is 1. The Labute approximate surface area is 125 Å². The molecule has 0 aliphatic rings. The van der Waals surface area contributed by atoms with Gasteiger partial charge in [-0.3, -0.25) is 0 Å². The second-order valence-electron chi connectivity index (χ2n) is 5.07. The van der Waals surface area contributed by atoms with Crippen LogP contribution in [0.1, 0.15) is 16.7 Å². The van der Waals surface area contributed by atoms with Crippen LogP contribution in [0.15, 0.2) is 46.0 Å². The molecule has 0 aliphatic heterocycles.